The first-order valence-electron chi connectivity index (χ1n) is 7.70. The number of hydrogen-bond donors (Lipinski definition) is 0. The number of ether oxygens (including phenoxy) is 1. The Morgan fingerprint density at radius 3 is 2.62 bits per heavy atom. The Balaban J connectivity index is 1.93. The maximum Gasteiger partial charge on any atom is 0.310 e. The molecule has 3 nitrogen and oxygen atoms in total. The molecule has 4 heteroatoms. The molecule has 0 unspecified atom stereocenters. The van der Waals surface area contributed by atoms with E-state index in [1.807, 2.05) is 60.7 Å². The maximum atomic E-state index is 11.6. The molecular weight excluding hydrogens is 322 g/mol. The summed E-state index contributed by atoms with van der Waals surface area (Å²) in [6.45, 7) is 1.77. The fourth-order valence-electron chi connectivity index (χ4n) is 2.26. The van der Waals surface area contributed by atoms with Gasteiger partial charge in [0.2, 0.25) is 0 Å². The summed E-state index contributed by atoms with van der Waals surface area (Å²) in [7, 11) is 0. The normalized spacial score (nSPS) is 11.1. The first-order valence-corrected chi connectivity index (χ1v) is 8.07. The van der Waals surface area contributed by atoms with Gasteiger partial charge in [0.05, 0.1) is 5.69 Å². The zero-order chi connectivity index (χ0) is 16.9. The van der Waals surface area contributed by atoms with Gasteiger partial charge in [0, 0.05) is 16.8 Å². The predicted octanol–water partition coefficient (Wildman–Crippen LogP) is 5.37. The lowest BCUT2D eigenvalue weighted by Crippen LogP contribution is -2.06. The minimum absolute atomic E-state index is 0.272. The Morgan fingerprint density at radius 1 is 1.08 bits per heavy atom. The molecule has 0 amide bonds. The highest BCUT2D eigenvalue weighted by Crippen LogP contribution is 2.25. The minimum atomic E-state index is -0.272. The van der Waals surface area contributed by atoms with Crippen molar-refractivity contribution in [1.29, 1.82) is 0 Å². The van der Waals surface area contributed by atoms with Crippen molar-refractivity contribution >= 4 is 40.6 Å². The molecule has 0 radical (unpaired) electrons. The predicted molar refractivity (Wildman–Crippen MR) is 98.0 cm³/mol. The molecule has 1 heterocycles. The van der Waals surface area contributed by atoms with Gasteiger partial charge in [0.15, 0.2) is 5.75 Å². The molecule has 2 aromatic carbocycles. The molecule has 0 aliphatic heterocycles. The van der Waals surface area contributed by atoms with Gasteiger partial charge in [-0.15, -0.1) is 0 Å². The summed E-state index contributed by atoms with van der Waals surface area (Å²) < 4.78 is 5.37. The molecule has 24 heavy (non-hydrogen) atoms. The first kappa shape index (κ1) is 16.2. The lowest BCUT2D eigenvalue weighted by Gasteiger charge is -2.06. The van der Waals surface area contributed by atoms with E-state index in [1.54, 1.807) is 13.0 Å². The third kappa shape index (κ3) is 3.81. The minimum Gasteiger partial charge on any atom is -0.424 e. The zero-order valence-corrected chi connectivity index (χ0v) is 14.0. The first-order chi connectivity index (χ1) is 11.7. The summed E-state index contributed by atoms with van der Waals surface area (Å²) in [4.78, 5) is 16.2. The van der Waals surface area contributed by atoms with Gasteiger partial charge in [-0.3, -0.25) is 4.79 Å². The van der Waals surface area contributed by atoms with Gasteiger partial charge in [-0.25, -0.2) is 4.98 Å². The van der Waals surface area contributed by atoms with E-state index < -0.39 is 0 Å². The number of fused-ring (bicyclic) bond motifs is 1. The highest BCUT2D eigenvalue weighted by Gasteiger charge is 2.08. The van der Waals surface area contributed by atoms with Gasteiger partial charge in [0.1, 0.15) is 5.52 Å². The summed E-state index contributed by atoms with van der Waals surface area (Å²) in [5.41, 5.74) is 2.50. The van der Waals surface area contributed by atoms with E-state index in [0.717, 1.165) is 16.6 Å². The van der Waals surface area contributed by atoms with Gasteiger partial charge in [0.25, 0.3) is 0 Å². The molecule has 0 N–H and O–H groups in total. The molecule has 120 valence electrons. The van der Waals surface area contributed by atoms with Gasteiger partial charge in [-0.1, -0.05) is 54.9 Å². The Kier molecular flexibility index (Phi) is 4.92. The van der Waals surface area contributed by atoms with Crippen LogP contribution >= 0.6 is 11.6 Å². The Labute approximate surface area is 145 Å². The van der Waals surface area contributed by atoms with E-state index in [2.05, 4.69) is 4.98 Å². The average molecular weight is 338 g/mol. The van der Waals surface area contributed by atoms with Crippen LogP contribution < -0.4 is 4.74 Å². The van der Waals surface area contributed by atoms with Crippen LogP contribution in [0.4, 0.5) is 0 Å². The smallest absolute Gasteiger partial charge is 0.310 e. The molecule has 0 saturated carbocycles. The molecule has 3 rings (SSSR count). The number of aromatic nitrogens is 1. The van der Waals surface area contributed by atoms with Crippen LogP contribution in [0.25, 0.3) is 23.1 Å². The summed E-state index contributed by atoms with van der Waals surface area (Å²) >= 11 is 5.89. The van der Waals surface area contributed by atoms with Crippen LogP contribution in [0, 0.1) is 0 Å². The molecule has 0 atom stereocenters. The molecule has 1 aromatic heterocycles. The fourth-order valence-corrected chi connectivity index (χ4v) is 2.39. The van der Waals surface area contributed by atoms with Crippen LogP contribution in [0.1, 0.15) is 24.6 Å². The van der Waals surface area contributed by atoms with Crippen molar-refractivity contribution in [2.45, 2.75) is 13.3 Å². The van der Waals surface area contributed by atoms with Crippen LogP contribution in [0.15, 0.2) is 54.6 Å². The van der Waals surface area contributed by atoms with Crippen LogP contribution in [-0.2, 0) is 4.79 Å². The Bertz CT molecular complexity index is 901. The maximum absolute atomic E-state index is 11.6. The lowest BCUT2D eigenvalue weighted by atomic mass is 10.1. The number of rotatable bonds is 4. The number of para-hydroxylation sites is 1. The van der Waals surface area contributed by atoms with Crippen molar-refractivity contribution in [3.8, 4) is 5.75 Å². The van der Waals surface area contributed by atoms with Gasteiger partial charge in [-0.2, -0.15) is 0 Å². The molecule has 0 aliphatic rings. The number of pyridine rings is 1. The molecule has 0 aliphatic carbocycles. The van der Waals surface area contributed by atoms with Crippen molar-refractivity contribution in [3.05, 3.63) is 70.9 Å². The van der Waals surface area contributed by atoms with Crippen molar-refractivity contribution in [2.24, 2.45) is 0 Å². The summed E-state index contributed by atoms with van der Waals surface area (Å²) in [5, 5.41) is 1.64. The second-order valence-electron chi connectivity index (χ2n) is 5.28. The number of nitrogens with zero attached hydrogens (tertiary/aromatic N) is 1. The van der Waals surface area contributed by atoms with E-state index in [4.69, 9.17) is 16.3 Å². The van der Waals surface area contributed by atoms with E-state index in [1.165, 1.54) is 0 Å². The topological polar surface area (TPSA) is 39.2 Å². The van der Waals surface area contributed by atoms with Gasteiger partial charge in [-0.05, 0) is 35.9 Å². The molecule has 3 aromatic rings. The number of benzene rings is 2. The molecule has 0 saturated heterocycles. The number of hydrogen-bond acceptors (Lipinski definition) is 3. The van der Waals surface area contributed by atoms with E-state index in [-0.39, 0.29) is 5.97 Å². The number of carbonyl (C=O) groups is 1. The third-order valence-electron chi connectivity index (χ3n) is 3.53. The molecule has 0 spiro atoms. The average Bonchev–Trinajstić information content (AvgIpc) is 2.61. The second-order valence-corrected chi connectivity index (χ2v) is 5.71. The third-order valence-corrected chi connectivity index (χ3v) is 3.79. The number of halogens is 1. The van der Waals surface area contributed by atoms with E-state index >= 15 is 0 Å². The molecule has 0 fully saturated rings. The highest BCUT2D eigenvalue weighted by molar-refractivity contribution is 6.30. The van der Waals surface area contributed by atoms with Crippen molar-refractivity contribution in [3.63, 3.8) is 0 Å². The molecule has 0 bridgehead atoms. The molecular formula is C20H16ClNO2. The van der Waals surface area contributed by atoms with Crippen molar-refractivity contribution < 1.29 is 9.53 Å². The van der Waals surface area contributed by atoms with Crippen LogP contribution in [0.5, 0.6) is 5.75 Å². The van der Waals surface area contributed by atoms with Crippen molar-refractivity contribution in [1.82, 2.24) is 4.98 Å². The van der Waals surface area contributed by atoms with Gasteiger partial charge >= 0.3 is 5.97 Å². The summed E-state index contributed by atoms with van der Waals surface area (Å²) in [5.74, 6) is 0.215. The zero-order valence-electron chi connectivity index (χ0n) is 13.2. The number of carbonyl (C=O) groups excluding carboxylic acids is 1. The largest absolute Gasteiger partial charge is 0.424 e. The van der Waals surface area contributed by atoms with Crippen LogP contribution in [0.3, 0.4) is 0 Å². The summed E-state index contributed by atoms with van der Waals surface area (Å²) in [6, 6.07) is 17.0. The Hall–Kier alpha value is -2.65. The SMILES string of the molecule is CCC(=O)Oc1cccc2ccc(/C=C/c3ccc(Cl)cc3)nc12. The standard InChI is InChI=1S/C20H16ClNO2/c1-2-19(23)24-18-5-3-4-15-9-13-17(22-20(15)18)12-8-14-6-10-16(21)11-7-14/h3-13H,2H2,1H3/b12-8+. The number of esters is 1. The van der Waals surface area contributed by atoms with E-state index in [0.29, 0.717) is 22.7 Å². The Morgan fingerprint density at radius 2 is 1.88 bits per heavy atom. The lowest BCUT2D eigenvalue weighted by molar-refractivity contribution is -0.133. The van der Waals surface area contributed by atoms with Crippen LogP contribution in [-0.4, -0.2) is 11.0 Å². The van der Waals surface area contributed by atoms with Gasteiger partial charge < -0.3 is 4.74 Å². The quantitative estimate of drug-likeness (QED) is 0.474. The second kappa shape index (κ2) is 7.28. The monoisotopic (exact) mass is 337 g/mol. The van der Waals surface area contributed by atoms with Crippen molar-refractivity contribution in [2.75, 3.05) is 0 Å². The van der Waals surface area contributed by atoms with Crippen LogP contribution in [0.2, 0.25) is 5.02 Å². The van der Waals surface area contributed by atoms with E-state index in [9.17, 15) is 4.79 Å². The highest BCUT2D eigenvalue weighted by atomic mass is 35.5. The summed E-state index contributed by atoms with van der Waals surface area (Å²) in [6.07, 6.45) is 4.21. The fraction of sp³-hybridized carbons (Fsp3) is 0.100.